The maximum absolute atomic E-state index is 13.5. The van der Waals surface area contributed by atoms with Gasteiger partial charge in [-0.15, -0.1) is 0 Å². The van der Waals surface area contributed by atoms with Crippen LogP contribution in [0.15, 0.2) is 36.7 Å². The van der Waals surface area contributed by atoms with Crippen LogP contribution < -0.4 is 10.1 Å². The van der Waals surface area contributed by atoms with Crippen molar-refractivity contribution in [1.82, 2.24) is 14.8 Å². The second kappa shape index (κ2) is 7.35. The highest BCUT2D eigenvalue weighted by atomic mass is 32.1. The molecule has 142 valence electrons. The molecule has 1 N–H and O–H groups in total. The zero-order valence-corrected chi connectivity index (χ0v) is 14.6. The Kier molecular flexibility index (Phi) is 5.13. The van der Waals surface area contributed by atoms with E-state index in [4.69, 9.17) is 4.74 Å². The summed E-state index contributed by atoms with van der Waals surface area (Å²) < 4.78 is 57.4. The van der Waals surface area contributed by atoms with Gasteiger partial charge in [0.2, 0.25) is 5.91 Å². The molecule has 3 aromatic rings. The minimum absolute atomic E-state index is 0.0477. The average molecular weight is 400 g/mol. The SMILES string of the molecule is COc1cc(-n2ccc(CC(=O)Nc3ncc(C(F)(F)F)s3)n2)ccc1F. The van der Waals surface area contributed by atoms with Gasteiger partial charge in [0.1, 0.15) is 4.88 Å². The number of methoxy groups -OCH3 is 1. The second-order valence-electron chi connectivity index (χ2n) is 5.32. The van der Waals surface area contributed by atoms with Gasteiger partial charge in [0.15, 0.2) is 16.7 Å². The quantitative estimate of drug-likeness (QED) is 0.664. The van der Waals surface area contributed by atoms with Crippen molar-refractivity contribution < 1.29 is 27.1 Å². The third kappa shape index (κ3) is 4.42. The van der Waals surface area contributed by atoms with E-state index in [2.05, 4.69) is 15.4 Å². The Labute approximate surface area is 154 Å². The van der Waals surface area contributed by atoms with E-state index >= 15 is 0 Å². The summed E-state index contributed by atoms with van der Waals surface area (Å²) in [7, 11) is 1.34. The molecule has 1 aromatic carbocycles. The van der Waals surface area contributed by atoms with Crippen molar-refractivity contribution in [2.75, 3.05) is 12.4 Å². The zero-order chi connectivity index (χ0) is 19.6. The van der Waals surface area contributed by atoms with E-state index < -0.39 is 22.8 Å². The highest BCUT2D eigenvalue weighted by Crippen LogP contribution is 2.35. The number of rotatable bonds is 5. The first-order chi connectivity index (χ1) is 12.8. The molecule has 0 atom stereocenters. The topological polar surface area (TPSA) is 69.0 Å². The van der Waals surface area contributed by atoms with E-state index in [0.717, 1.165) is 0 Å². The predicted octanol–water partition coefficient (Wildman–Crippen LogP) is 3.68. The molecule has 2 heterocycles. The van der Waals surface area contributed by atoms with Crippen LogP contribution in [0.4, 0.5) is 22.7 Å². The molecule has 0 saturated carbocycles. The Morgan fingerprint density at radius 2 is 2.11 bits per heavy atom. The number of carbonyl (C=O) groups is 1. The number of anilines is 1. The Balaban J connectivity index is 1.67. The largest absolute Gasteiger partial charge is 0.494 e. The highest BCUT2D eigenvalue weighted by Gasteiger charge is 2.33. The van der Waals surface area contributed by atoms with Gasteiger partial charge < -0.3 is 10.1 Å². The minimum Gasteiger partial charge on any atom is -0.494 e. The van der Waals surface area contributed by atoms with Crippen LogP contribution in [-0.4, -0.2) is 27.8 Å². The molecule has 0 saturated heterocycles. The number of carbonyl (C=O) groups excluding carboxylic acids is 1. The maximum atomic E-state index is 13.5. The number of nitrogens with zero attached hydrogens (tertiary/aromatic N) is 3. The van der Waals surface area contributed by atoms with Crippen molar-refractivity contribution in [1.29, 1.82) is 0 Å². The predicted molar refractivity (Wildman–Crippen MR) is 89.5 cm³/mol. The van der Waals surface area contributed by atoms with Crippen molar-refractivity contribution in [2.45, 2.75) is 12.6 Å². The van der Waals surface area contributed by atoms with Crippen molar-refractivity contribution in [3.05, 3.63) is 53.0 Å². The Hall–Kier alpha value is -2.95. The van der Waals surface area contributed by atoms with Crippen molar-refractivity contribution in [3.63, 3.8) is 0 Å². The summed E-state index contributed by atoms with van der Waals surface area (Å²) >= 11 is 0.343. The van der Waals surface area contributed by atoms with E-state index in [1.807, 2.05) is 0 Å². The first-order valence-electron chi connectivity index (χ1n) is 7.47. The number of halogens is 4. The van der Waals surface area contributed by atoms with Gasteiger partial charge in [0, 0.05) is 12.3 Å². The van der Waals surface area contributed by atoms with Crippen LogP contribution in [0.2, 0.25) is 0 Å². The van der Waals surface area contributed by atoms with Gasteiger partial charge in [0.25, 0.3) is 0 Å². The normalized spacial score (nSPS) is 11.4. The van der Waals surface area contributed by atoms with Crippen LogP contribution >= 0.6 is 11.3 Å². The molecule has 2 aromatic heterocycles. The number of nitrogens with one attached hydrogen (secondary N) is 1. The smallest absolute Gasteiger partial charge is 0.427 e. The van der Waals surface area contributed by atoms with Gasteiger partial charge in [-0.05, 0) is 18.2 Å². The van der Waals surface area contributed by atoms with Crippen molar-refractivity contribution in [3.8, 4) is 11.4 Å². The molecule has 1 amide bonds. The molecule has 0 aliphatic rings. The number of ether oxygens (including phenoxy) is 1. The van der Waals surface area contributed by atoms with Crippen LogP contribution in [0.5, 0.6) is 5.75 Å². The van der Waals surface area contributed by atoms with Gasteiger partial charge in [-0.1, -0.05) is 11.3 Å². The van der Waals surface area contributed by atoms with Crippen LogP contribution in [0.3, 0.4) is 0 Å². The first kappa shape index (κ1) is 18.8. The fourth-order valence-corrected chi connectivity index (χ4v) is 2.88. The number of aromatic nitrogens is 3. The minimum atomic E-state index is -4.50. The van der Waals surface area contributed by atoms with E-state index in [9.17, 15) is 22.4 Å². The number of alkyl halides is 3. The molecular weight excluding hydrogens is 388 g/mol. The van der Waals surface area contributed by atoms with Crippen molar-refractivity contribution >= 4 is 22.4 Å². The number of benzene rings is 1. The van der Waals surface area contributed by atoms with Crippen LogP contribution in [0, 0.1) is 5.82 Å². The molecule has 0 radical (unpaired) electrons. The summed E-state index contributed by atoms with van der Waals surface area (Å²) in [6.45, 7) is 0. The summed E-state index contributed by atoms with van der Waals surface area (Å²) in [6, 6.07) is 5.73. The molecule has 0 aliphatic carbocycles. The number of amides is 1. The summed E-state index contributed by atoms with van der Waals surface area (Å²) in [5, 5.41) is 6.36. The Morgan fingerprint density at radius 1 is 1.33 bits per heavy atom. The van der Waals surface area contributed by atoms with Crippen LogP contribution in [0.25, 0.3) is 5.69 Å². The van der Waals surface area contributed by atoms with E-state index in [1.165, 1.54) is 30.0 Å². The molecule has 0 fully saturated rings. The Morgan fingerprint density at radius 3 is 2.78 bits per heavy atom. The summed E-state index contributed by atoms with van der Waals surface area (Å²) in [5.74, 6) is -1.03. The number of hydrogen-bond acceptors (Lipinski definition) is 5. The van der Waals surface area contributed by atoms with E-state index in [-0.39, 0.29) is 17.3 Å². The molecule has 27 heavy (non-hydrogen) atoms. The number of hydrogen-bond donors (Lipinski definition) is 1. The third-order valence-electron chi connectivity index (χ3n) is 3.42. The van der Waals surface area contributed by atoms with Gasteiger partial charge in [-0.2, -0.15) is 18.3 Å². The van der Waals surface area contributed by atoms with Crippen LogP contribution in [-0.2, 0) is 17.4 Å². The van der Waals surface area contributed by atoms with Gasteiger partial charge in [-0.25, -0.2) is 14.1 Å². The Bertz CT molecular complexity index is 967. The van der Waals surface area contributed by atoms with Crippen molar-refractivity contribution in [2.24, 2.45) is 0 Å². The molecule has 0 aliphatic heterocycles. The third-order valence-corrected chi connectivity index (χ3v) is 4.37. The number of thiazole rings is 1. The molecule has 0 spiro atoms. The first-order valence-corrected chi connectivity index (χ1v) is 8.29. The molecular formula is C16H12F4N4O2S. The lowest BCUT2D eigenvalue weighted by Gasteiger charge is -2.05. The fourth-order valence-electron chi connectivity index (χ4n) is 2.18. The average Bonchev–Trinajstić information content (AvgIpc) is 3.24. The molecule has 0 bridgehead atoms. The highest BCUT2D eigenvalue weighted by molar-refractivity contribution is 7.15. The zero-order valence-electron chi connectivity index (χ0n) is 13.7. The molecule has 0 unspecified atom stereocenters. The molecule has 11 heteroatoms. The van der Waals surface area contributed by atoms with Gasteiger partial charge in [0.05, 0.1) is 31.1 Å². The standard InChI is InChI=1S/C16H12F4N4O2S/c1-26-12-7-10(2-3-11(12)17)24-5-4-9(23-24)6-14(25)22-15-21-8-13(27-15)16(18,19)20/h2-5,7-8H,6H2,1H3,(H,21,22,25). The summed E-state index contributed by atoms with van der Waals surface area (Å²) in [5.41, 5.74) is 0.901. The van der Waals surface area contributed by atoms with Crippen LogP contribution in [0.1, 0.15) is 10.6 Å². The maximum Gasteiger partial charge on any atom is 0.427 e. The lowest BCUT2D eigenvalue weighted by molar-refractivity contribution is -0.134. The second-order valence-corrected chi connectivity index (χ2v) is 6.35. The molecule has 6 nitrogen and oxygen atoms in total. The van der Waals surface area contributed by atoms with E-state index in [0.29, 0.717) is 28.9 Å². The lowest BCUT2D eigenvalue weighted by Crippen LogP contribution is -2.14. The summed E-state index contributed by atoms with van der Waals surface area (Å²) in [6.07, 6.45) is -2.43. The lowest BCUT2D eigenvalue weighted by atomic mass is 10.3. The fraction of sp³-hybridized carbons (Fsp3) is 0.188. The monoisotopic (exact) mass is 400 g/mol. The molecule has 3 rings (SSSR count). The van der Waals surface area contributed by atoms with Gasteiger partial charge >= 0.3 is 6.18 Å². The van der Waals surface area contributed by atoms with E-state index in [1.54, 1.807) is 12.3 Å². The summed E-state index contributed by atoms with van der Waals surface area (Å²) in [4.78, 5) is 14.6. The van der Waals surface area contributed by atoms with Gasteiger partial charge in [-0.3, -0.25) is 4.79 Å².